The second kappa shape index (κ2) is 2.90. The monoisotopic (exact) mass is 208 g/mol. The molecule has 2 atom stereocenters. The van der Waals surface area contributed by atoms with Crippen molar-refractivity contribution in [2.24, 2.45) is 0 Å². The Morgan fingerprint density at radius 1 is 1.62 bits per heavy atom. The lowest BCUT2D eigenvalue weighted by molar-refractivity contribution is -0.149. The second-order valence-electron chi connectivity index (χ2n) is 2.69. The van der Waals surface area contributed by atoms with Gasteiger partial charge in [-0.15, -0.1) is 0 Å². The van der Waals surface area contributed by atoms with E-state index in [9.17, 15) is 14.2 Å². The molecule has 0 radical (unpaired) electrons. The van der Waals surface area contributed by atoms with Gasteiger partial charge in [-0.2, -0.15) is 0 Å². The first kappa shape index (κ1) is 10.4. The van der Waals surface area contributed by atoms with Gasteiger partial charge in [0.2, 0.25) is 5.60 Å². The fraction of sp³-hybridized carbons (Fsp3) is 0.667. The van der Waals surface area contributed by atoms with Crippen molar-refractivity contribution in [1.29, 1.82) is 0 Å². The summed E-state index contributed by atoms with van der Waals surface area (Å²) in [6.07, 6.45) is 0. The summed E-state index contributed by atoms with van der Waals surface area (Å²) >= 11 is 0. The maximum Gasteiger partial charge on any atom is 0.533 e. The average molecular weight is 208 g/mol. The minimum absolute atomic E-state index is 0.577. The van der Waals surface area contributed by atoms with Crippen LogP contribution in [0, 0.1) is 0 Å². The number of Topliss-reactive ketones (excluding diaryl/α,β-unsaturated/α-hetero) is 1. The molecule has 6 nitrogen and oxygen atoms in total. The van der Waals surface area contributed by atoms with Crippen LogP contribution in [0.25, 0.3) is 0 Å². The smallest absolute Gasteiger partial charge is 0.368 e. The highest BCUT2D eigenvalue weighted by molar-refractivity contribution is 7.49. The first-order valence-electron chi connectivity index (χ1n) is 3.46. The molecule has 7 heteroatoms. The van der Waals surface area contributed by atoms with Gasteiger partial charge in [-0.3, -0.25) is 13.8 Å². The Morgan fingerprint density at radius 2 is 2.15 bits per heavy atom. The van der Waals surface area contributed by atoms with Gasteiger partial charge in [0.1, 0.15) is 0 Å². The number of rotatable bonds is 2. The van der Waals surface area contributed by atoms with Crippen LogP contribution in [0.3, 0.4) is 0 Å². The number of phosphoric acid groups is 1. The molecule has 1 fully saturated rings. The van der Waals surface area contributed by atoms with Gasteiger partial charge in [-0.25, -0.2) is 9.36 Å². The highest BCUT2D eigenvalue weighted by Gasteiger charge is 2.57. The van der Waals surface area contributed by atoms with Crippen molar-refractivity contribution in [3.63, 3.8) is 0 Å². The van der Waals surface area contributed by atoms with Gasteiger partial charge in [-0.1, -0.05) is 0 Å². The number of carbonyl (C=O) groups is 2. The third-order valence-corrected chi connectivity index (χ3v) is 3.20. The lowest BCUT2D eigenvalue weighted by atomic mass is 10.0. The number of carbonyl (C=O) groups excluding carboxylic acids is 2. The molecule has 0 aromatic carbocycles. The van der Waals surface area contributed by atoms with E-state index in [2.05, 4.69) is 13.6 Å². The van der Waals surface area contributed by atoms with Crippen LogP contribution in [0.1, 0.15) is 13.8 Å². The Hall–Kier alpha value is -0.710. The van der Waals surface area contributed by atoms with Gasteiger partial charge in [0, 0.05) is 7.11 Å². The lowest BCUT2D eigenvalue weighted by Gasteiger charge is -2.12. The normalized spacial score (nSPS) is 38.8. The molecule has 0 N–H and O–H groups in total. The summed E-state index contributed by atoms with van der Waals surface area (Å²) in [5, 5.41) is 0. The lowest BCUT2D eigenvalue weighted by Crippen LogP contribution is -2.39. The Labute approximate surface area is 74.8 Å². The first-order valence-corrected chi connectivity index (χ1v) is 4.92. The molecule has 74 valence electrons. The van der Waals surface area contributed by atoms with Crippen LogP contribution >= 0.6 is 7.82 Å². The van der Waals surface area contributed by atoms with Crippen LogP contribution in [-0.4, -0.2) is 24.5 Å². The first-order chi connectivity index (χ1) is 5.84. The zero-order chi connectivity index (χ0) is 10.3. The number of ketones is 1. The summed E-state index contributed by atoms with van der Waals surface area (Å²) in [6, 6.07) is 0. The molecule has 0 aliphatic carbocycles. The predicted molar refractivity (Wildman–Crippen MR) is 40.9 cm³/mol. The quantitative estimate of drug-likeness (QED) is 0.490. The molecule has 0 amide bonds. The summed E-state index contributed by atoms with van der Waals surface area (Å²) in [5.74, 6) is -1.56. The van der Waals surface area contributed by atoms with Gasteiger partial charge in [0.25, 0.3) is 0 Å². The van der Waals surface area contributed by atoms with Crippen LogP contribution in [0.5, 0.6) is 0 Å². The minimum Gasteiger partial charge on any atom is -0.368 e. The van der Waals surface area contributed by atoms with Crippen molar-refractivity contribution < 1.29 is 27.7 Å². The van der Waals surface area contributed by atoms with Gasteiger partial charge >= 0.3 is 13.8 Å². The summed E-state index contributed by atoms with van der Waals surface area (Å²) in [5.41, 5.74) is -1.80. The van der Waals surface area contributed by atoms with E-state index in [0.29, 0.717) is 0 Å². The molecular weight excluding hydrogens is 199 g/mol. The Kier molecular flexibility index (Phi) is 2.32. The van der Waals surface area contributed by atoms with Crippen molar-refractivity contribution >= 4 is 19.6 Å². The van der Waals surface area contributed by atoms with Crippen LogP contribution in [0.15, 0.2) is 0 Å². The van der Waals surface area contributed by atoms with E-state index in [1.54, 1.807) is 0 Å². The number of hydrogen-bond acceptors (Lipinski definition) is 6. The molecule has 0 aromatic rings. The molecule has 1 heterocycles. The third kappa shape index (κ3) is 1.52. The van der Waals surface area contributed by atoms with Gasteiger partial charge in [0.15, 0.2) is 5.78 Å². The SMILES string of the molecule is CO[P@@]1(=O)OC(=O)[C@@](C)(C(C)=O)O1. The van der Waals surface area contributed by atoms with Gasteiger partial charge in [-0.05, 0) is 13.8 Å². The number of hydrogen-bond donors (Lipinski definition) is 0. The Balaban J connectivity index is 3.02. The topological polar surface area (TPSA) is 78.9 Å². The van der Waals surface area contributed by atoms with Crippen LogP contribution in [0.2, 0.25) is 0 Å². The van der Waals surface area contributed by atoms with Crippen molar-refractivity contribution in [2.75, 3.05) is 7.11 Å². The summed E-state index contributed by atoms with van der Waals surface area (Å²) < 4.78 is 24.6. The average Bonchev–Trinajstić information content (AvgIpc) is 2.25. The Morgan fingerprint density at radius 3 is 2.38 bits per heavy atom. The standard InChI is InChI=1S/C6H9O6P/c1-4(7)6(2)5(8)11-13(9,10-3)12-6/h1-3H3/t6-,13+/m1/s1. The molecule has 1 rings (SSSR count). The molecule has 0 spiro atoms. The van der Waals surface area contributed by atoms with Gasteiger partial charge < -0.3 is 4.52 Å². The van der Waals surface area contributed by atoms with E-state index < -0.39 is 25.2 Å². The highest BCUT2D eigenvalue weighted by atomic mass is 31.2. The molecule has 0 aromatic heterocycles. The van der Waals surface area contributed by atoms with Crippen LogP contribution in [0.4, 0.5) is 0 Å². The highest BCUT2D eigenvalue weighted by Crippen LogP contribution is 2.58. The van der Waals surface area contributed by atoms with E-state index in [4.69, 9.17) is 0 Å². The maximum absolute atomic E-state index is 11.3. The van der Waals surface area contributed by atoms with Crippen molar-refractivity contribution in [1.82, 2.24) is 0 Å². The zero-order valence-electron chi connectivity index (χ0n) is 7.40. The molecular formula is C6H9O6P. The van der Waals surface area contributed by atoms with Crippen molar-refractivity contribution in [3.8, 4) is 0 Å². The minimum atomic E-state index is -3.85. The number of phosphoric ester groups is 1. The second-order valence-corrected chi connectivity index (χ2v) is 4.31. The largest absolute Gasteiger partial charge is 0.533 e. The Bertz CT molecular complexity index is 310. The van der Waals surface area contributed by atoms with Crippen molar-refractivity contribution in [2.45, 2.75) is 19.4 Å². The molecule has 1 saturated heterocycles. The third-order valence-electron chi connectivity index (χ3n) is 1.77. The molecule has 0 saturated carbocycles. The summed E-state index contributed by atoms with van der Waals surface area (Å²) in [6.45, 7) is 2.34. The fourth-order valence-electron chi connectivity index (χ4n) is 0.751. The van der Waals surface area contributed by atoms with E-state index in [1.165, 1.54) is 6.92 Å². The van der Waals surface area contributed by atoms with Crippen molar-refractivity contribution in [3.05, 3.63) is 0 Å². The van der Waals surface area contributed by atoms with Crippen LogP contribution < -0.4 is 0 Å². The predicted octanol–water partition coefficient (Wildman–Crippen LogP) is 0.662. The molecule has 0 unspecified atom stereocenters. The fourth-order valence-corrected chi connectivity index (χ4v) is 1.96. The van der Waals surface area contributed by atoms with Crippen LogP contribution in [-0.2, 0) is 27.7 Å². The molecule has 13 heavy (non-hydrogen) atoms. The molecule has 1 aliphatic heterocycles. The zero-order valence-corrected chi connectivity index (χ0v) is 8.29. The van der Waals surface area contributed by atoms with E-state index in [0.717, 1.165) is 14.0 Å². The van der Waals surface area contributed by atoms with E-state index in [-0.39, 0.29) is 0 Å². The maximum atomic E-state index is 11.3. The molecule has 0 bridgehead atoms. The molecule has 1 aliphatic rings. The van der Waals surface area contributed by atoms with Gasteiger partial charge in [0.05, 0.1) is 0 Å². The van der Waals surface area contributed by atoms with E-state index >= 15 is 0 Å². The summed E-state index contributed by atoms with van der Waals surface area (Å²) in [7, 11) is -2.78. The summed E-state index contributed by atoms with van der Waals surface area (Å²) in [4.78, 5) is 22.1. The van der Waals surface area contributed by atoms with E-state index in [1.807, 2.05) is 0 Å².